The van der Waals surface area contributed by atoms with E-state index in [-0.39, 0.29) is 24.8 Å². The van der Waals surface area contributed by atoms with Crippen molar-refractivity contribution >= 4 is 70.6 Å². The summed E-state index contributed by atoms with van der Waals surface area (Å²) in [4.78, 5) is 55.8. The molecule has 344 valence electrons. The first-order valence-electron chi connectivity index (χ1n) is 22.8. The molecule has 0 radical (unpaired) electrons. The molecular formula is C50H57ClN9O5P. The molecule has 4 aliphatic rings. The number of fused-ring (bicyclic) bond motifs is 1. The van der Waals surface area contributed by atoms with Gasteiger partial charge in [-0.2, -0.15) is 4.98 Å². The Balaban J connectivity index is 0.758. The fourth-order valence-electron chi connectivity index (χ4n) is 9.37. The second-order valence-corrected chi connectivity index (χ2v) is 21.3. The number of rotatable bonds is 14. The fourth-order valence-corrected chi connectivity index (χ4v) is 10.7. The highest BCUT2D eigenvalue weighted by Gasteiger charge is 2.40. The van der Waals surface area contributed by atoms with Crippen molar-refractivity contribution in [2.45, 2.75) is 70.0 Å². The molecule has 8 rings (SSSR count). The molecule has 3 saturated heterocycles. The first-order chi connectivity index (χ1) is 31.9. The minimum Gasteiger partial charge on any atom is -0.494 e. The molecule has 0 spiro atoms. The number of ether oxygens (including phenoxy) is 1. The molecule has 3 fully saturated rings. The first-order valence-corrected chi connectivity index (χ1v) is 25.7. The lowest BCUT2D eigenvalue weighted by Gasteiger charge is -2.43. The molecule has 0 saturated carbocycles. The number of imide groups is 1. The van der Waals surface area contributed by atoms with Crippen LogP contribution in [0.1, 0.15) is 78.4 Å². The Morgan fingerprint density at radius 1 is 0.939 bits per heavy atom. The molecule has 3 amide bonds. The van der Waals surface area contributed by atoms with Gasteiger partial charge in [-0.3, -0.25) is 24.6 Å². The van der Waals surface area contributed by atoms with E-state index in [0.717, 1.165) is 112 Å². The van der Waals surface area contributed by atoms with Gasteiger partial charge in [-0.05, 0) is 93.9 Å². The van der Waals surface area contributed by atoms with Gasteiger partial charge in [0.2, 0.25) is 17.8 Å². The third-order valence-electron chi connectivity index (χ3n) is 13.0. The van der Waals surface area contributed by atoms with Crippen LogP contribution in [0.4, 0.5) is 28.8 Å². The Labute approximate surface area is 392 Å². The molecule has 16 heteroatoms. The quantitative estimate of drug-likeness (QED) is 0.0527. The third-order valence-corrected chi connectivity index (χ3v) is 14.8. The van der Waals surface area contributed by atoms with Crippen molar-refractivity contribution in [2.75, 3.05) is 81.8 Å². The van der Waals surface area contributed by atoms with Gasteiger partial charge >= 0.3 is 0 Å². The van der Waals surface area contributed by atoms with Crippen molar-refractivity contribution < 1.29 is 23.7 Å². The fraction of sp³-hybridized carbons (Fsp3) is 0.420. The molecule has 14 nitrogen and oxygen atoms in total. The van der Waals surface area contributed by atoms with Crippen molar-refractivity contribution in [1.29, 1.82) is 0 Å². The summed E-state index contributed by atoms with van der Waals surface area (Å²) in [5.74, 6) is 9.67. The lowest BCUT2D eigenvalue weighted by molar-refractivity contribution is -0.136. The van der Waals surface area contributed by atoms with Gasteiger partial charge in [0.05, 0.1) is 24.7 Å². The lowest BCUT2D eigenvalue weighted by atomic mass is 9.99. The van der Waals surface area contributed by atoms with Crippen molar-refractivity contribution in [3.63, 3.8) is 0 Å². The maximum absolute atomic E-state index is 13.3. The number of benzene rings is 3. The molecule has 4 aliphatic heterocycles. The highest BCUT2D eigenvalue weighted by molar-refractivity contribution is 7.70. The largest absolute Gasteiger partial charge is 0.494 e. The van der Waals surface area contributed by atoms with Gasteiger partial charge in [-0.15, -0.1) is 6.42 Å². The van der Waals surface area contributed by atoms with Crippen LogP contribution >= 0.6 is 18.7 Å². The summed E-state index contributed by atoms with van der Waals surface area (Å²) in [6, 6.07) is 17.1. The van der Waals surface area contributed by atoms with Gasteiger partial charge in [-0.25, -0.2) is 4.98 Å². The van der Waals surface area contributed by atoms with Crippen molar-refractivity contribution in [1.82, 2.24) is 30.0 Å². The van der Waals surface area contributed by atoms with Crippen LogP contribution in [0.3, 0.4) is 0 Å². The molecule has 0 bridgehead atoms. The zero-order valence-electron chi connectivity index (χ0n) is 37.9. The number of anilines is 5. The van der Waals surface area contributed by atoms with E-state index in [9.17, 15) is 18.9 Å². The van der Waals surface area contributed by atoms with E-state index < -0.39 is 19.1 Å². The highest BCUT2D eigenvalue weighted by Crippen LogP contribution is 2.39. The topological polar surface area (TPSA) is 152 Å². The SMILES string of the molecule is C#Cc1cc(C#CCCCCCN2CCN(C3CCN(c4ccc(Nc5ncc(Cl)c(Nc6ccccc6P(C)(C)=O)n5)c(OC)c4)CC3)CC2)c2c(c1)C(=O)N(C1CCC(=O)NC1=O)C2. The van der Waals surface area contributed by atoms with E-state index in [0.29, 0.717) is 51.8 Å². The minimum atomic E-state index is -2.55. The van der Waals surface area contributed by atoms with Gasteiger partial charge in [0, 0.05) is 98.4 Å². The number of terminal acetylenes is 1. The van der Waals surface area contributed by atoms with Crippen LogP contribution in [0.25, 0.3) is 0 Å². The molecular weight excluding hydrogens is 873 g/mol. The summed E-state index contributed by atoms with van der Waals surface area (Å²) in [6.07, 6.45) is 13.9. The number of halogens is 1. The number of methoxy groups -OCH3 is 1. The maximum Gasteiger partial charge on any atom is 0.255 e. The second kappa shape index (κ2) is 20.7. The smallest absolute Gasteiger partial charge is 0.255 e. The number of carbonyl (C=O) groups is 3. The highest BCUT2D eigenvalue weighted by atomic mass is 35.5. The zero-order chi connectivity index (χ0) is 46.4. The number of aromatic nitrogens is 2. The monoisotopic (exact) mass is 929 g/mol. The van der Waals surface area contributed by atoms with Gasteiger partial charge < -0.3 is 34.6 Å². The lowest BCUT2D eigenvalue weighted by Crippen LogP contribution is -2.53. The average molecular weight is 930 g/mol. The summed E-state index contributed by atoms with van der Waals surface area (Å²) < 4.78 is 18.8. The molecule has 1 aromatic heterocycles. The molecule has 1 atom stereocenters. The van der Waals surface area contributed by atoms with Crippen LogP contribution in [0.15, 0.2) is 60.8 Å². The molecule has 3 N–H and O–H groups in total. The minimum absolute atomic E-state index is 0.207. The summed E-state index contributed by atoms with van der Waals surface area (Å²) in [6.45, 7) is 11.1. The predicted molar refractivity (Wildman–Crippen MR) is 261 cm³/mol. The summed E-state index contributed by atoms with van der Waals surface area (Å²) in [5.41, 5.74) is 5.14. The predicted octanol–water partition coefficient (Wildman–Crippen LogP) is 6.81. The van der Waals surface area contributed by atoms with Crippen molar-refractivity contribution in [3.8, 4) is 29.9 Å². The average Bonchev–Trinajstić information content (AvgIpc) is 3.65. The van der Waals surface area contributed by atoms with E-state index in [4.69, 9.17) is 22.8 Å². The Kier molecular flexibility index (Phi) is 14.7. The number of para-hydroxylation sites is 1. The van der Waals surface area contributed by atoms with Crippen LogP contribution in [0.5, 0.6) is 5.75 Å². The van der Waals surface area contributed by atoms with Crippen LogP contribution in [0.2, 0.25) is 5.02 Å². The van der Waals surface area contributed by atoms with Crippen molar-refractivity contribution in [3.05, 3.63) is 88.1 Å². The zero-order valence-corrected chi connectivity index (χ0v) is 39.5. The number of hydrogen-bond acceptors (Lipinski definition) is 12. The molecule has 66 heavy (non-hydrogen) atoms. The van der Waals surface area contributed by atoms with E-state index >= 15 is 0 Å². The number of amides is 3. The molecule has 0 aliphatic carbocycles. The number of hydrogen-bond donors (Lipinski definition) is 3. The number of piperidine rings is 2. The van der Waals surface area contributed by atoms with Crippen LogP contribution in [-0.4, -0.2) is 121 Å². The normalized spacial score (nSPS) is 18.3. The molecule has 3 aromatic carbocycles. The Hall–Kier alpha value is -5.89. The van der Waals surface area contributed by atoms with Crippen LogP contribution in [0, 0.1) is 24.2 Å². The van der Waals surface area contributed by atoms with E-state index in [1.165, 1.54) is 11.1 Å². The number of nitrogens with zero attached hydrogens (tertiary/aromatic N) is 6. The Morgan fingerprint density at radius 2 is 1.73 bits per heavy atom. The van der Waals surface area contributed by atoms with Crippen molar-refractivity contribution in [2.24, 2.45) is 0 Å². The Morgan fingerprint density at radius 3 is 2.47 bits per heavy atom. The maximum atomic E-state index is 13.3. The summed E-state index contributed by atoms with van der Waals surface area (Å²) in [5, 5.41) is 9.97. The first kappa shape index (κ1) is 46.6. The Bertz CT molecular complexity index is 2640. The number of unbranched alkanes of at least 4 members (excludes halogenated alkanes) is 3. The molecule has 4 aromatic rings. The van der Waals surface area contributed by atoms with Gasteiger partial charge in [0.15, 0.2) is 5.82 Å². The van der Waals surface area contributed by atoms with Crippen LogP contribution < -0.4 is 30.9 Å². The summed E-state index contributed by atoms with van der Waals surface area (Å²) in [7, 11) is -0.888. The van der Waals surface area contributed by atoms with Gasteiger partial charge in [-0.1, -0.05) is 47.9 Å². The summed E-state index contributed by atoms with van der Waals surface area (Å²) >= 11 is 6.49. The molecule has 5 heterocycles. The van der Waals surface area contributed by atoms with Crippen LogP contribution in [-0.2, 0) is 20.7 Å². The number of nitrogens with one attached hydrogen (secondary N) is 3. The van der Waals surface area contributed by atoms with E-state index in [2.05, 4.69) is 70.5 Å². The third kappa shape index (κ3) is 10.9. The second-order valence-electron chi connectivity index (χ2n) is 17.7. The molecule has 1 unspecified atom stereocenters. The van der Waals surface area contributed by atoms with Gasteiger partial charge in [0.1, 0.15) is 24.0 Å². The standard InChI is InChI=1S/C50H57ClN9O5P/c1-5-34-29-35(39-33-60(49(63)38(39)30-34)43-18-19-46(61)55-48(43)62)13-9-7-6-8-12-22-57-25-27-59(28-26-57)36-20-23-58(24-21-36)37-16-17-41(44(31-37)65-2)54-50-52-32-40(51)47(56-50)53-42-14-10-11-15-45(42)66(3,4)64/h1,10-11,14-17,29-32,36,43H,6-8,12,18-28,33H2,2-4H3,(H,55,61,62)(H2,52,53,54,56). The van der Waals surface area contributed by atoms with Gasteiger partial charge in [0.25, 0.3) is 5.91 Å². The van der Waals surface area contributed by atoms with E-state index in [1.807, 2.05) is 36.4 Å². The van der Waals surface area contributed by atoms with E-state index in [1.54, 1.807) is 26.5 Å². The number of piperazine rings is 1. The number of carbonyl (C=O) groups excluding carboxylic acids is 3.